The number of aliphatic hydroxyl groups is 1. The Balaban J connectivity index is 1.85. The molecule has 3 aromatic carbocycles. The fourth-order valence-corrected chi connectivity index (χ4v) is 4.08. The van der Waals surface area contributed by atoms with E-state index in [1.165, 1.54) is 7.11 Å². The summed E-state index contributed by atoms with van der Waals surface area (Å²) < 4.78 is 6.55. The van der Waals surface area contributed by atoms with Crippen LogP contribution >= 0.6 is 15.9 Å². The number of nitrogens with zero attached hydrogens (tertiary/aromatic N) is 1. The second kappa shape index (κ2) is 7.51. The van der Waals surface area contributed by atoms with Crippen LogP contribution in [-0.4, -0.2) is 24.2 Å². The highest BCUT2D eigenvalue weighted by atomic mass is 79.9. The standard InChI is InChI=1S/C23H20BrNO3/c1-28-21-22(26)25(15-16-11-13-18(24)14-12-16)20-10-6-5-9-19(20)23(21,27)17-7-3-2-4-8-17/h2-14,21,27H,15H2,1H3. The molecule has 0 spiro atoms. The Morgan fingerprint density at radius 3 is 2.32 bits per heavy atom. The van der Waals surface area contributed by atoms with Gasteiger partial charge in [0.25, 0.3) is 5.91 Å². The molecule has 1 aliphatic heterocycles. The van der Waals surface area contributed by atoms with Crippen molar-refractivity contribution in [3.63, 3.8) is 0 Å². The van der Waals surface area contributed by atoms with E-state index in [-0.39, 0.29) is 5.91 Å². The van der Waals surface area contributed by atoms with E-state index in [1.807, 2.05) is 78.9 Å². The van der Waals surface area contributed by atoms with E-state index in [1.54, 1.807) is 4.90 Å². The lowest BCUT2D eigenvalue weighted by atomic mass is 9.77. The summed E-state index contributed by atoms with van der Waals surface area (Å²) in [5, 5.41) is 11.8. The largest absolute Gasteiger partial charge is 0.377 e. The van der Waals surface area contributed by atoms with Gasteiger partial charge in [-0.15, -0.1) is 0 Å². The smallest absolute Gasteiger partial charge is 0.260 e. The molecule has 142 valence electrons. The zero-order valence-electron chi connectivity index (χ0n) is 15.4. The molecule has 3 aromatic rings. The van der Waals surface area contributed by atoms with Gasteiger partial charge in [-0.2, -0.15) is 0 Å². The molecule has 0 radical (unpaired) electrons. The number of hydrogen-bond donors (Lipinski definition) is 1. The number of fused-ring (bicyclic) bond motifs is 1. The third kappa shape index (κ3) is 3.05. The van der Waals surface area contributed by atoms with Crippen LogP contribution in [0.3, 0.4) is 0 Å². The van der Waals surface area contributed by atoms with E-state index >= 15 is 0 Å². The van der Waals surface area contributed by atoms with Gasteiger partial charge in [-0.25, -0.2) is 0 Å². The van der Waals surface area contributed by atoms with Crippen molar-refractivity contribution in [2.24, 2.45) is 0 Å². The Morgan fingerprint density at radius 1 is 1.00 bits per heavy atom. The maximum absolute atomic E-state index is 13.4. The summed E-state index contributed by atoms with van der Waals surface area (Å²) >= 11 is 3.44. The minimum Gasteiger partial charge on any atom is -0.377 e. The minimum absolute atomic E-state index is 0.268. The van der Waals surface area contributed by atoms with Crippen molar-refractivity contribution in [1.29, 1.82) is 0 Å². The first kappa shape index (κ1) is 18.9. The SMILES string of the molecule is COC1C(=O)N(Cc2ccc(Br)cc2)c2ccccc2C1(O)c1ccccc1. The molecular formula is C23H20BrNO3. The van der Waals surface area contributed by atoms with Gasteiger partial charge in [-0.1, -0.05) is 76.6 Å². The van der Waals surface area contributed by atoms with Gasteiger partial charge in [0.2, 0.25) is 0 Å². The third-order valence-electron chi connectivity index (χ3n) is 5.18. The maximum atomic E-state index is 13.4. The van der Waals surface area contributed by atoms with Crippen LogP contribution in [0.4, 0.5) is 5.69 Å². The quantitative estimate of drug-likeness (QED) is 0.663. The number of methoxy groups -OCH3 is 1. The van der Waals surface area contributed by atoms with Crippen molar-refractivity contribution in [2.45, 2.75) is 18.2 Å². The zero-order chi connectivity index (χ0) is 19.7. The maximum Gasteiger partial charge on any atom is 0.260 e. The first-order valence-electron chi connectivity index (χ1n) is 9.01. The highest BCUT2D eigenvalue weighted by Crippen LogP contribution is 2.44. The zero-order valence-corrected chi connectivity index (χ0v) is 17.0. The summed E-state index contributed by atoms with van der Waals surface area (Å²) in [7, 11) is 1.46. The van der Waals surface area contributed by atoms with Crippen molar-refractivity contribution < 1.29 is 14.6 Å². The number of carbonyl (C=O) groups is 1. The van der Waals surface area contributed by atoms with Crippen molar-refractivity contribution in [2.75, 3.05) is 12.0 Å². The summed E-state index contributed by atoms with van der Waals surface area (Å²) in [4.78, 5) is 15.1. The predicted octanol–water partition coefficient (Wildman–Crippen LogP) is 4.25. The van der Waals surface area contributed by atoms with E-state index in [0.717, 1.165) is 10.0 Å². The predicted molar refractivity (Wildman–Crippen MR) is 112 cm³/mol. The monoisotopic (exact) mass is 437 g/mol. The fraction of sp³-hybridized carbons (Fsp3) is 0.174. The van der Waals surface area contributed by atoms with E-state index in [2.05, 4.69) is 15.9 Å². The molecule has 0 saturated heterocycles. The van der Waals surface area contributed by atoms with Crippen molar-refractivity contribution >= 4 is 27.5 Å². The van der Waals surface area contributed by atoms with Gasteiger partial charge in [0, 0.05) is 17.1 Å². The molecule has 4 rings (SSSR count). The van der Waals surface area contributed by atoms with Crippen molar-refractivity contribution in [1.82, 2.24) is 0 Å². The summed E-state index contributed by atoms with van der Waals surface area (Å²) in [5.74, 6) is -0.268. The fourth-order valence-electron chi connectivity index (χ4n) is 3.82. The second-order valence-corrected chi connectivity index (χ2v) is 7.73. The second-order valence-electron chi connectivity index (χ2n) is 6.82. The van der Waals surface area contributed by atoms with Crippen LogP contribution < -0.4 is 4.90 Å². The Hall–Kier alpha value is -2.47. The molecule has 0 aliphatic carbocycles. The molecule has 28 heavy (non-hydrogen) atoms. The van der Waals surface area contributed by atoms with Crippen LogP contribution in [0.5, 0.6) is 0 Å². The number of benzene rings is 3. The van der Waals surface area contributed by atoms with Gasteiger partial charge in [-0.3, -0.25) is 4.79 Å². The molecule has 0 bridgehead atoms. The van der Waals surface area contributed by atoms with Crippen LogP contribution in [0, 0.1) is 0 Å². The van der Waals surface area contributed by atoms with E-state index in [9.17, 15) is 9.90 Å². The third-order valence-corrected chi connectivity index (χ3v) is 5.71. The van der Waals surface area contributed by atoms with Crippen LogP contribution in [0.25, 0.3) is 0 Å². The summed E-state index contributed by atoms with van der Waals surface area (Å²) in [6.45, 7) is 0.397. The van der Waals surface area contributed by atoms with Crippen molar-refractivity contribution in [3.05, 3.63) is 100 Å². The lowest BCUT2D eigenvalue weighted by Crippen LogP contribution is -2.57. The van der Waals surface area contributed by atoms with E-state index in [0.29, 0.717) is 23.4 Å². The molecule has 1 heterocycles. The normalized spacial score (nSPS) is 21.5. The number of hydrogen-bond acceptors (Lipinski definition) is 3. The molecule has 2 unspecified atom stereocenters. The van der Waals surface area contributed by atoms with Gasteiger partial charge in [0.15, 0.2) is 11.7 Å². The van der Waals surface area contributed by atoms with Crippen LogP contribution in [0.2, 0.25) is 0 Å². The Labute approximate surface area is 172 Å². The van der Waals surface area contributed by atoms with Crippen LogP contribution in [0.15, 0.2) is 83.3 Å². The van der Waals surface area contributed by atoms with Crippen molar-refractivity contribution in [3.8, 4) is 0 Å². The minimum atomic E-state index is -1.56. The number of halogens is 1. The van der Waals surface area contributed by atoms with Crippen LogP contribution in [-0.2, 0) is 21.7 Å². The van der Waals surface area contributed by atoms with Gasteiger partial charge >= 0.3 is 0 Å². The van der Waals surface area contributed by atoms with Gasteiger partial charge in [-0.05, 0) is 29.3 Å². The molecular weight excluding hydrogens is 418 g/mol. The lowest BCUT2D eigenvalue weighted by Gasteiger charge is -2.44. The number of para-hydroxylation sites is 1. The molecule has 0 saturated carbocycles. The Morgan fingerprint density at radius 2 is 1.64 bits per heavy atom. The highest BCUT2D eigenvalue weighted by Gasteiger charge is 2.52. The molecule has 0 fully saturated rings. The number of ether oxygens (including phenoxy) is 1. The Bertz CT molecular complexity index is 990. The van der Waals surface area contributed by atoms with Crippen LogP contribution in [0.1, 0.15) is 16.7 Å². The van der Waals surface area contributed by atoms with E-state index < -0.39 is 11.7 Å². The average Bonchev–Trinajstić information content (AvgIpc) is 2.73. The highest BCUT2D eigenvalue weighted by molar-refractivity contribution is 9.10. The Kier molecular flexibility index (Phi) is 5.06. The number of anilines is 1. The molecule has 1 N–H and O–H groups in total. The van der Waals surface area contributed by atoms with E-state index in [4.69, 9.17) is 4.74 Å². The van der Waals surface area contributed by atoms with Gasteiger partial charge in [0.05, 0.1) is 12.2 Å². The molecule has 2 atom stereocenters. The van der Waals surface area contributed by atoms with Gasteiger partial charge in [0.1, 0.15) is 0 Å². The topological polar surface area (TPSA) is 49.8 Å². The number of amides is 1. The summed E-state index contributed by atoms with van der Waals surface area (Å²) in [5.41, 5.74) is 1.41. The number of rotatable bonds is 4. The summed E-state index contributed by atoms with van der Waals surface area (Å²) in [6, 6.07) is 24.5. The molecule has 4 nitrogen and oxygen atoms in total. The summed E-state index contributed by atoms with van der Waals surface area (Å²) in [6.07, 6.45) is -1.04. The molecule has 0 aromatic heterocycles. The lowest BCUT2D eigenvalue weighted by molar-refractivity contribution is -0.145. The first-order valence-corrected chi connectivity index (χ1v) is 9.81. The molecule has 1 amide bonds. The average molecular weight is 438 g/mol. The van der Waals surface area contributed by atoms with Gasteiger partial charge < -0.3 is 14.7 Å². The number of carbonyl (C=O) groups excluding carboxylic acids is 1. The molecule has 5 heteroatoms. The molecule has 1 aliphatic rings. The first-order chi connectivity index (χ1) is 13.6.